The average Bonchev–Trinajstić information content (AvgIpc) is 3.64. The lowest BCUT2D eigenvalue weighted by Gasteiger charge is -2.00. The second-order valence-corrected chi connectivity index (χ2v) is 10.5. The van der Waals surface area contributed by atoms with Crippen LogP contribution in [0.5, 0.6) is 0 Å². The van der Waals surface area contributed by atoms with Crippen molar-refractivity contribution >= 4 is 32.6 Å². The zero-order valence-corrected chi connectivity index (χ0v) is 21.0. The Morgan fingerprint density at radius 2 is 0.972 bits per heavy atom. The summed E-state index contributed by atoms with van der Waals surface area (Å²) in [4.78, 5) is 1.53. The van der Waals surface area contributed by atoms with Gasteiger partial charge in [-0.1, -0.05) is 94.5 Å². The molecule has 0 amide bonds. The number of aryl methyl sites for hydroxylation is 2. The third-order valence-electron chi connectivity index (χ3n) is 5.91. The van der Waals surface area contributed by atoms with Crippen LogP contribution in [0, 0.1) is 13.8 Å². The molecule has 3 aromatic carbocycles. The Morgan fingerprint density at radius 1 is 0.528 bits per heavy atom. The molecule has 7 aromatic rings. The molecule has 8 nitrogen and oxygen atoms in total. The van der Waals surface area contributed by atoms with Gasteiger partial charge in [-0.2, -0.15) is 19.2 Å². The molecule has 0 fully saturated rings. The van der Waals surface area contributed by atoms with E-state index in [-0.39, 0.29) is 0 Å². The van der Waals surface area contributed by atoms with Gasteiger partial charge in [0, 0.05) is 22.3 Å². The van der Waals surface area contributed by atoms with Gasteiger partial charge in [0.15, 0.2) is 11.6 Å². The first kappa shape index (κ1) is 21.0. The standard InChI is InChI=1S/C26H18N8S2/c1-15-5-3-7-19(13-15)21-27-29-25-33(21)31-23(35-25)17-9-11-18(12-10-17)24-32-34-22(28-30-26(34)36-24)20-8-4-6-16(2)14-20/h3-14H,1-2H3. The zero-order chi connectivity index (χ0) is 24.2. The molecule has 0 saturated carbocycles. The van der Waals surface area contributed by atoms with Gasteiger partial charge >= 0.3 is 0 Å². The maximum Gasteiger partial charge on any atom is 0.235 e. The summed E-state index contributed by atoms with van der Waals surface area (Å²) in [5.41, 5.74) is 6.39. The van der Waals surface area contributed by atoms with Crippen LogP contribution in [0.25, 0.3) is 53.8 Å². The van der Waals surface area contributed by atoms with E-state index in [2.05, 4.69) is 82.8 Å². The van der Waals surface area contributed by atoms with E-state index in [4.69, 9.17) is 10.2 Å². The summed E-state index contributed by atoms with van der Waals surface area (Å²) < 4.78 is 3.64. The molecule has 10 heteroatoms. The van der Waals surface area contributed by atoms with Crippen LogP contribution in [0.2, 0.25) is 0 Å². The first-order chi connectivity index (χ1) is 17.6. The van der Waals surface area contributed by atoms with Crippen LogP contribution >= 0.6 is 22.7 Å². The third-order valence-corrected chi connectivity index (χ3v) is 7.81. The summed E-state index contributed by atoms with van der Waals surface area (Å²) in [6.07, 6.45) is 0. The molecule has 0 saturated heterocycles. The highest BCUT2D eigenvalue weighted by Gasteiger charge is 2.17. The Morgan fingerprint density at radius 3 is 1.39 bits per heavy atom. The van der Waals surface area contributed by atoms with Gasteiger partial charge in [-0.15, -0.1) is 20.4 Å². The van der Waals surface area contributed by atoms with Crippen LogP contribution in [0.1, 0.15) is 11.1 Å². The fourth-order valence-electron chi connectivity index (χ4n) is 4.15. The van der Waals surface area contributed by atoms with Gasteiger partial charge in [0.25, 0.3) is 0 Å². The third kappa shape index (κ3) is 3.50. The smallest absolute Gasteiger partial charge is 0.182 e. The van der Waals surface area contributed by atoms with Crippen molar-refractivity contribution in [2.24, 2.45) is 0 Å². The average molecular weight is 507 g/mol. The molecule has 174 valence electrons. The number of hydrogen-bond acceptors (Lipinski definition) is 8. The molecule has 7 rings (SSSR count). The molecule has 0 bridgehead atoms. The van der Waals surface area contributed by atoms with E-state index >= 15 is 0 Å². The van der Waals surface area contributed by atoms with E-state index < -0.39 is 0 Å². The summed E-state index contributed by atoms with van der Waals surface area (Å²) >= 11 is 3.04. The van der Waals surface area contributed by atoms with Crippen LogP contribution in [0.4, 0.5) is 0 Å². The van der Waals surface area contributed by atoms with E-state index in [0.29, 0.717) is 0 Å². The Labute approximate surface area is 213 Å². The van der Waals surface area contributed by atoms with Gasteiger partial charge < -0.3 is 0 Å². The number of fused-ring (bicyclic) bond motifs is 2. The largest absolute Gasteiger partial charge is 0.235 e. The molecular formula is C26H18N8S2. The predicted molar refractivity (Wildman–Crippen MR) is 142 cm³/mol. The molecule has 0 unspecified atom stereocenters. The lowest BCUT2D eigenvalue weighted by atomic mass is 10.1. The van der Waals surface area contributed by atoms with Gasteiger partial charge in [0.2, 0.25) is 9.92 Å². The van der Waals surface area contributed by atoms with Gasteiger partial charge in [-0.25, -0.2) is 0 Å². The fourth-order valence-corrected chi connectivity index (χ4v) is 5.84. The number of hydrogen-bond donors (Lipinski definition) is 0. The minimum atomic E-state index is 0.747. The van der Waals surface area contributed by atoms with Gasteiger partial charge in [0.05, 0.1) is 0 Å². The van der Waals surface area contributed by atoms with Crippen LogP contribution in [-0.4, -0.2) is 39.6 Å². The van der Waals surface area contributed by atoms with E-state index in [1.807, 2.05) is 33.3 Å². The molecule has 4 heterocycles. The summed E-state index contributed by atoms with van der Waals surface area (Å²) in [6, 6.07) is 24.7. The summed E-state index contributed by atoms with van der Waals surface area (Å²) in [5, 5.41) is 28.8. The van der Waals surface area contributed by atoms with Crippen molar-refractivity contribution in [1.82, 2.24) is 39.6 Å². The number of benzene rings is 3. The van der Waals surface area contributed by atoms with Crippen molar-refractivity contribution < 1.29 is 0 Å². The second kappa shape index (κ2) is 8.14. The maximum absolute atomic E-state index is 4.80. The lowest BCUT2D eigenvalue weighted by Crippen LogP contribution is -1.92. The zero-order valence-electron chi connectivity index (χ0n) is 19.3. The number of aromatic nitrogens is 8. The van der Waals surface area contributed by atoms with E-state index in [1.165, 1.54) is 33.8 Å². The summed E-state index contributed by atoms with van der Waals surface area (Å²) in [6.45, 7) is 4.13. The Balaban J connectivity index is 1.21. The van der Waals surface area contributed by atoms with E-state index in [9.17, 15) is 0 Å². The first-order valence-electron chi connectivity index (χ1n) is 11.3. The van der Waals surface area contributed by atoms with Crippen molar-refractivity contribution in [2.45, 2.75) is 13.8 Å². The SMILES string of the molecule is Cc1cccc(-c2nnc3sc(-c4ccc(-c5nn6c(-c7cccc(C)c7)nnc6s5)cc4)nn23)c1. The first-order valence-corrected chi connectivity index (χ1v) is 12.9. The van der Waals surface area contributed by atoms with E-state index in [0.717, 1.165) is 53.8 Å². The minimum Gasteiger partial charge on any atom is -0.182 e. The minimum absolute atomic E-state index is 0.747. The van der Waals surface area contributed by atoms with Gasteiger partial charge in [0.1, 0.15) is 10.0 Å². The Hall–Kier alpha value is -4.28. The van der Waals surface area contributed by atoms with Gasteiger partial charge in [-0.05, 0) is 26.0 Å². The Bertz CT molecular complexity index is 1740. The second-order valence-electron chi connectivity index (χ2n) is 8.57. The number of rotatable bonds is 4. The van der Waals surface area contributed by atoms with Crippen molar-refractivity contribution in [3.8, 4) is 43.9 Å². The van der Waals surface area contributed by atoms with E-state index in [1.54, 1.807) is 0 Å². The van der Waals surface area contributed by atoms with Crippen LogP contribution in [0.15, 0.2) is 72.8 Å². The van der Waals surface area contributed by atoms with Crippen molar-refractivity contribution in [1.29, 1.82) is 0 Å². The van der Waals surface area contributed by atoms with Crippen LogP contribution < -0.4 is 0 Å². The molecule has 0 N–H and O–H groups in total. The maximum atomic E-state index is 4.80. The topological polar surface area (TPSA) is 86.2 Å². The molecule has 0 aliphatic heterocycles. The molecule has 0 radical (unpaired) electrons. The Kier molecular flexibility index (Phi) is 4.76. The highest BCUT2D eigenvalue weighted by molar-refractivity contribution is 7.20. The lowest BCUT2D eigenvalue weighted by molar-refractivity contribution is 0.969. The predicted octanol–water partition coefficient (Wildman–Crippen LogP) is 5.97. The molecule has 0 spiro atoms. The van der Waals surface area contributed by atoms with Crippen LogP contribution in [-0.2, 0) is 0 Å². The molecular weight excluding hydrogens is 488 g/mol. The molecule has 36 heavy (non-hydrogen) atoms. The molecule has 0 aliphatic rings. The van der Waals surface area contributed by atoms with Crippen molar-refractivity contribution in [3.05, 3.63) is 83.9 Å². The van der Waals surface area contributed by atoms with Crippen LogP contribution in [0.3, 0.4) is 0 Å². The van der Waals surface area contributed by atoms with Gasteiger partial charge in [-0.3, -0.25) is 0 Å². The fraction of sp³-hybridized carbons (Fsp3) is 0.0769. The molecule has 0 aliphatic carbocycles. The normalized spacial score (nSPS) is 11.6. The summed E-state index contributed by atoms with van der Waals surface area (Å²) in [5.74, 6) is 1.49. The van der Waals surface area contributed by atoms with Crippen molar-refractivity contribution in [2.75, 3.05) is 0 Å². The molecule has 0 atom stereocenters. The molecule has 4 aromatic heterocycles. The number of nitrogens with zero attached hydrogens (tertiary/aromatic N) is 8. The highest BCUT2D eigenvalue weighted by atomic mass is 32.1. The summed E-state index contributed by atoms with van der Waals surface area (Å²) in [7, 11) is 0. The van der Waals surface area contributed by atoms with Crippen molar-refractivity contribution in [3.63, 3.8) is 0 Å². The monoisotopic (exact) mass is 506 g/mol. The highest BCUT2D eigenvalue weighted by Crippen LogP contribution is 2.32. The quantitative estimate of drug-likeness (QED) is 0.292.